The Labute approximate surface area is 160 Å². The van der Waals surface area contributed by atoms with E-state index in [0.717, 1.165) is 18.7 Å². The van der Waals surface area contributed by atoms with Gasteiger partial charge in [0.25, 0.3) is 0 Å². The maximum atomic E-state index is 5.98. The summed E-state index contributed by atoms with van der Waals surface area (Å²) in [4.78, 5) is 11.3. The predicted octanol–water partition coefficient (Wildman–Crippen LogP) is 3.55. The molecular formula is C22H25N5. The maximum absolute atomic E-state index is 5.98. The second kappa shape index (κ2) is 9.97. The standard InChI is InChI=1S/C22H25N5/c23-22(25-14-7-12-20-16-24-17-27-20)26-15-13-21(18-8-3-1-4-9-18)19-10-5-2-6-11-19/h1-12,16-17,21H,13-15H2,(H,24,27)(H3,23,25,26)/b12-7+. The van der Waals surface area contributed by atoms with Crippen LogP contribution in [-0.4, -0.2) is 29.0 Å². The Hall–Kier alpha value is -3.34. The van der Waals surface area contributed by atoms with E-state index in [0.29, 0.717) is 18.4 Å². The summed E-state index contributed by atoms with van der Waals surface area (Å²) in [7, 11) is 0. The first-order valence-electron chi connectivity index (χ1n) is 9.11. The highest BCUT2D eigenvalue weighted by atomic mass is 15.1. The highest BCUT2D eigenvalue weighted by Crippen LogP contribution is 2.27. The van der Waals surface area contributed by atoms with Crippen molar-refractivity contribution >= 4 is 12.0 Å². The number of guanidine groups is 1. The third-order valence-corrected chi connectivity index (χ3v) is 4.33. The van der Waals surface area contributed by atoms with Crippen molar-refractivity contribution in [3.63, 3.8) is 0 Å². The number of hydrogen-bond acceptors (Lipinski definition) is 2. The number of imidazole rings is 1. The number of rotatable bonds is 8. The fraction of sp³-hybridized carbons (Fsp3) is 0.182. The summed E-state index contributed by atoms with van der Waals surface area (Å²) in [6.07, 6.45) is 8.22. The third-order valence-electron chi connectivity index (χ3n) is 4.33. The van der Waals surface area contributed by atoms with E-state index in [9.17, 15) is 0 Å². The minimum Gasteiger partial charge on any atom is -0.370 e. The van der Waals surface area contributed by atoms with Gasteiger partial charge < -0.3 is 16.0 Å². The summed E-state index contributed by atoms with van der Waals surface area (Å²) >= 11 is 0. The largest absolute Gasteiger partial charge is 0.370 e. The maximum Gasteiger partial charge on any atom is 0.188 e. The minimum absolute atomic E-state index is 0.327. The van der Waals surface area contributed by atoms with E-state index in [1.165, 1.54) is 11.1 Å². The second-order valence-electron chi connectivity index (χ2n) is 6.22. The van der Waals surface area contributed by atoms with Gasteiger partial charge in [0.1, 0.15) is 0 Å². The van der Waals surface area contributed by atoms with Gasteiger partial charge in [0.2, 0.25) is 0 Å². The van der Waals surface area contributed by atoms with Crippen molar-refractivity contribution in [1.29, 1.82) is 0 Å². The van der Waals surface area contributed by atoms with E-state index < -0.39 is 0 Å². The molecule has 0 fully saturated rings. The van der Waals surface area contributed by atoms with Crippen LogP contribution in [0.5, 0.6) is 0 Å². The van der Waals surface area contributed by atoms with Crippen LogP contribution in [0.15, 0.2) is 84.3 Å². The van der Waals surface area contributed by atoms with Crippen molar-refractivity contribution in [3.8, 4) is 0 Å². The quantitative estimate of drug-likeness (QED) is 0.425. The van der Waals surface area contributed by atoms with E-state index in [1.807, 2.05) is 24.3 Å². The zero-order valence-electron chi connectivity index (χ0n) is 15.3. The summed E-state index contributed by atoms with van der Waals surface area (Å²) in [6.45, 7) is 1.28. The Balaban J connectivity index is 1.53. The van der Waals surface area contributed by atoms with Crippen LogP contribution in [-0.2, 0) is 0 Å². The van der Waals surface area contributed by atoms with Gasteiger partial charge in [-0.25, -0.2) is 9.98 Å². The van der Waals surface area contributed by atoms with E-state index in [4.69, 9.17) is 5.73 Å². The molecule has 4 N–H and O–H groups in total. The summed E-state index contributed by atoms with van der Waals surface area (Å²) < 4.78 is 0. The van der Waals surface area contributed by atoms with E-state index in [2.05, 4.69) is 68.8 Å². The number of nitrogens with two attached hydrogens (primary N) is 1. The minimum atomic E-state index is 0.327. The molecule has 0 atom stereocenters. The van der Waals surface area contributed by atoms with E-state index in [-0.39, 0.29) is 0 Å². The zero-order valence-corrected chi connectivity index (χ0v) is 15.3. The van der Waals surface area contributed by atoms with Gasteiger partial charge in [0, 0.05) is 12.5 Å². The van der Waals surface area contributed by atoms with Crippen molar-refractivity contribution in [2.24, 2.45) is 10.7 Å². The van der Waals surface area contributed by atoms with Gasteiger partial charge in [0.15, 0.2) is 5.96 Å². The number of nitrogens with one attached hydrogen (secondary N) is 2. The van der Waals surface area contributed by atoms with Crippen molar-refractivity contribution in [1.82, 2.24) is 15.3 Å². The van der Waals surface area contributed by atoms with Gasteiger partial charge in [-0.15, -0.1) is 0 Å². The monoisotopic (exact) mass is 359 g/mol. The van der Waals surface area contributed by atoms with Crippen LogP contribution in [0, 0.1) is 0 Å². The molecule has 0 aliphatic carbocycles. The number of hydrogen-bond donors (Lipinski definition) is 3. The van der Waals surface area contributed by atoms with Crippen LogP contribution >= 0.6 is 0 Å². The molecule has 138 valence electrons. The average Bonchev–Trinajstić information content (AvgIpc) is 3.23. The van der Waals surface area contributed by atoms with Crippen LogP contribution in [0.1, 0.15) is 29.2 Å². The molecule has 0 radical (unpaired) electrons. The first-order chi connectivity index (χ1) is 13.3. The first kappa shape index (κ1) is 18.5. The number of aliphatic imine (C=N–C) groups is 1. The Morgan fingerprint density at radius 1 is 1.07 bits per heavy atom. The predicted molar refractivity (Wildman–Crippen MR) is 111 cm³/mol. The van der Waals surface area contributed by atoms with E-state index >= 15 is 0 Å². The second-order valence-corrected chi connectivity index (χ2v) is 6.22. The fourth-order valence-corrected chi connectivity index (χ4v) is 2.99. The molecule has 3 aromatic rings. The lowest BCUT2D eigenvalue weighted by Crippen LogP contribution is -2.33. The summed E-state index contributed by atoms with van der Waals surface area (Å²) in [6, 6.07) is 21.1. The molecule has 3 rings (SSSR count). The molecule has 0 aliphatic rings. The molecule has 0 spiro atoms. The van der Waals surface area contributed by atoms with Gasteiger partial charge in [-0.3, -0.25) is 0 Å². The highest BCUT2D eigenvalue weighted by Gasteiger charge is 2.13. The molecule has 0 bridgehead atoms. The van der Waals surface area contributed by atoms with Crippen LogP contribution in [0.3, 0.4) is 0 Å². The van der Waals surface area contributed by atoms with Crippen molar-refractivity contribution in [3.05, 3.63) is 96.1 Å². The molecule has 0 saturated heterocycles. The lowest BCUT2D eigenvalue weighted by atomic mass is 9.88. The van der Waals surface area contributed by atoms with Gasteiger partial charge in [-0.05, 0) is 23.6 Å². The Kier molecular flexibility index (Phi) is 6.81. The van der Waals surface area contributed by atoms with Crippen molar-refractivity contribution < 1.29 is 0 Å². The zero-order chi connectivity index (χ0) is 18.7. The molecule has 1 aromatic heterocycles. The number of H-pyrrole nitrogens is 1. The van der Waals surface area contributed by atoms with Crippen LogP contribution < -0.4 is 11.1 Å². The molecule has 0 unspecified atom stereocenters. The summed E-state index contributed by atoms with van der Waals surface area (Å²) in [5, 5.41) is 3.22. The van der Waals surface area contributed by atoms with Crippen molar-refractivity contribution in [2.45, 2.75) is 12.3 Å². The van der Waals surface area contributed by atoms with Gasteiger partial charge in [0.05, 0.1) is 24.8 Å². The summed E-state index contributed by atoms with van der Waals surface area (Å²) in [5.41, 5.74) is 9.55. The molecule has 0 saturated carbocycles. The Bertz CT molecular complexity index is 799. The van der Waals surface area contributed by atoms with Crippen molar-refractivity contribution in [2.75, 3.05) is 13.1 Å². The lowest BCUT2D eigenvalue weighted by molar-refractivity contribution is 0.689. The number of nitrogens with zero attached hydrogens (tertiary/aromatic N) is 2. The molecule has 1 heterocycles. The third kappa shape index (κ3) is 5.85. The molecule has 2 aromatic carbocycles. The normalized spacial score (nSPS) is 12.0. The topological polar surface area (TPSA) is 79.1 Å². The number of aromatic nitrogens is 2. The molecule has 27 heavy (non-hydrogen) atoms. The number of aromatic amines is 1. The van der Waals surface area contributed by atoms with Crippen LogP contribution in [0.2, 0.25) is 0 Å². The first-order valence-corrected chi connectivity index (χ1v) is 9.11. The lowest BCUT2D eigenvalue weighted by Gasteiger charge is -2.18. The molecule has 5 heteroatoms. The average molecular weight is 359 g/mol. The number of benzene rings is 2. The van der Waals surface area contributed by atoms with Gasteiger partial charge in [-0.1, -0.05) is 66.7 Å². The van der Waals surface area contributed by atoms with Gasteiger partial charge in [-0.2, -0.15) is 0 Å². The van der Waals surface area contributed by atoms with Crippen LogP contribution in [0.4, 0.5) is 0 Å². The SMILES string of the molecule is NC(=NC/C=C/c1cnc[nH]1)NCCC(c1ccccc1)c1ccccc1. The molecular weight excluding hydrogens is 334 g/mol. The van der Waals surface area contributed by atoms with Crippen LogP contribution in [0.25, 0.3) is 6.08 Å². The highest BCUT2D eigenvalue weighted by molar-refractivity contribution is 5.77. The van der Waals surface area contributed by atoms with E-state index in [1.54, 1.807) is 12.5 Å². The smallest absolute Gasteiger partial charge is 0.188 e. The molecule has 0 aliphatic heterocycles. The molecule has 0 amide bonds. The van der Waals surface area contributed by atoms with Gasteiger partial charge >= 0.3 is 0 Å². The Morgan fingerprint density at radius 2 is 1.74 bits per heavy atom. The molecule has 5 nitrogen and oxygen atoms in total. The Morgan fingerprint density at radius 3 is 2.33 bits per heavy atom. The summed E-state index contributed by atoms with van der Waals surface area (Å²) in [5.74, 6) is 0.789. The fourth-order valence-electron chi connectivity index (χ4n) is 2.99.